The lowest BCUT2D eigenvalue weighted by atomic mass is 10.2. The van der Waals surface area contributed by atoms with Crippen LogP contribution in [0.4, 0.5) is 0 Å². The minimum atomic E-state index is 0.876. The van der Waals surface area contributed by atoms with Gasteiger partial charge < -0.3 is 0 Å². The SMILES string of the molecule is C#CCCCC=C=C(C)C. The zero-order chi connectivity index (χ0) is 7.82. The van der Waals surface area contributed by atoms with Gasteiger partial charge in [0.05, 0.1) is 0 Å². The van der Waals surface area contributed by atoms with Crippen LogP contribution in [0.25, 0.3) is 0 Å². The Bertz CT molecular complexity index is 169. The lowest BCUT2D eigenvalue weighted by Gasteiger charge is -1.84. The smallest absolute Gasteiger partial charge is 0.00892 e. The van der Waals surface area contributed by atoms with Crippen LogP contribution in [0.15, 0.2) is 17.4 Å². The Morgan fingerprint density at radius 2 is 2.20 bits per heavy atom. The second-order valence-electron chi connectivity index (χ2n) is 2.44. The van der Waals surface area contributed by atoms with Gasteiger partial charge in [0.25, 0.3) is 0 Å². The largest absolute Gasteiger partial charge is 0.127 e. The molecule has 0 nitrogen and oxygen atoms in total. The third kappa shape index (κ3) is 7.08. The van der Waals surface area contributed by atoms with Crippen molar-refractivity contribution in [3.8, 4) is 12.3 Å². The zero-order valence-corrected chi connectivity index (χ0v) is 6.78. The molecule has 10 heavy (non-hydrogen) atoms. The molecule has 0 N–H and O–H groups in total. The van der Waals surface area contributed by atoms with Crippen LogP contribution in [-0.4, -0.2) is 0 Å². The highest BCUT2D eigenvalue weighted by Crippen LogP contribution is 1.94. The van der Waals surface area contributed by atoms with Crippen molar-refractivity contribution in [1.29, 1.82) is 0 Å². The van der Waals surface area contributed by atoms with E-state index in [4.69, 9.17) is 6.42 Å². The lowest BCUT2D eigenvalue weighted by molar-refractivity contribution is 0.886. The Morgan fingerprint density at radius 3 is 2.70 bits per heavy atom. The standard InChI is InChI=1S/C10H14/c1-4-5-6-7-8-9-10(2)3/h1,8H,5-7H2,2-3H3. The fourth-order valence-electron chi connectivity index (χ4n) is 0.582. The predicted molar refractivity (Wildman–Crippen MR) is 45.6 cm³/mol. The van der Waals surface area contributed by atoms with Gasteiger partial charge in [0, 0.05) is 6.42 Å². The second-order valence-corrected chi connectivity index (χ2v) is 2.44. The normalized spacial score (nSPS) is 7.70. The lowest BCUT2D eigenvalue weighted by Crippen LogP contribution is -1.66. The average molecular weight is 134 g/mol. The minimum Gasteiger partial charge on any atom is -0.127 e. The van der Waals surface area contributed by atoms with Gasteiger partial charge in [0.15, 0.2) is 0 Å². The minimum absolute atomic E-state index is 0.876. The van der Waals surface area contributed by atoms with Gasteiger partial charge >= 0.3 is 0 Å². The summed E-state index contributed by atoms with van der Waals surface area (Å²) in [7, 11) is 0. The number of allylic oxidation sites excluding steroid dienone is 1. The van der Waals surface area contributed by atoms with Crippen molar-refractivity contribution in [1.82, 2.24) is 0 Å². The third-order valence-corrected chi connectivity index (χ3v) is 1.06. The van der Waals surface area contributed by atoms with E-state index in [-0.39, 0.29) is 0 Å². The van der Waals surface area contributed by atoms with Crippen molar-refractivity contribution in [3.63, 3.8) is 0 Å². The van der Waals surface area contributed by atoms with Crippen molar-refractivity contribution in [3.05, 3.63) is 17.4 Å². The molecule has 0 heterocycles. The van der Waals surface area contributed by atoms with Crippen molar-refractivity contribution in [2.75, 3.05) is 0 Å². The molecule has 0 atom stereocenters. The van der Waals surface area contributed by atoms with E-state index in [2.05, 4.69) is 11.7 Å². The fourth-order valence-corrected chi connectivity index (χ4v) is 0.582. The van der Waals surface area contributed by atoms with Crippen LogP contribution in [0, 0.1) is 12.3 Å². The molecule has 0 fully saturated rings. The van der Waals surface area contributed by atoms with E-state index in [0.29, 0.717) is 0 Å². The fraction of sp³-hybridized carbons (Fsp3) is 0.500. The van der Waals surface area contributed by atoms with Gasteiger partial charge in [-0.1, -0.05) is 0 Å². The molecule has 0 aromatic carbocycles. The molecule has 0 bridgehead atoms. The Morgan fingerprint density at radius 1 is 1.50 bits per heavy atom. The molecule has 0 saturated heterocycles. The maximum Gasteiger partial charge on any atom is 0.00892 e. The van der Waals surface area contributed by atoms with E-state index < -0.39 is 0 Å². The Labute approximate surface area is 63.6 Å². The molecule has 0 radical (unpaired) electrons. The number of unbranched alkanes of at least 4 members (excludes halogenated alkanes) is 2. The maximum absolute atomic E-state index is 5.08. The predicted octanol–water partition coefficient (Wildman–Crippen LogP) is 2.91. The maximum atomic E-state index is 5.08. The van der Waals surface area contributed by atoms with E-state index in [9.17, 15) is 0 Å². The summed E-state index contributed by atoms with van der Waals surface area (Å²) in [4.78, 5) is 0. The van der Waals surface area contributed by atoms with E-state index in [1.165, 1.54) is 5.57 Å². The van der Waals surface area contributed by atoms with Gasteiger partial charge in [-0.15, -0.1) is 18.1 Å². The zero-order valence-electron chi connectivity index (χ0n) is 6.78. The monoisotopic (exact) mass is 134 g/mol. The molecular weight excluding hydrogens is 120 g/mol. The van der Waals surface area contributed by atoms with Crippen molar-refractivity contribution in [2.24, 2.45) is 0 Å². The number of terminal acetylenes is 1. The third-order valence-electron chi connectivity index (χ3n) is 1.06. The molecule has 0 spiro atoms. The topological polar surface area (TPSA) is 0 Å². The van der Waals surface area contributed by atoms with Crippen LogP contribution in [0.1, 0.15) is 33.1 Å². The molecule has 0 aliphatic rings. The van der Waals surface area contributed by atoms with Crippen molar-refractivity contribution >= 4 is 0 Å². The molecule has 0 aliphatic heterocycles. The summed E-state index contributed by atoms with van der Waals surface area (Å²) in [5.41, 5.74) is 4.35. The first kappa shape index (κ1) is 9.08. The van der Waals surface area contributed by atoms with Crippen molar-refractivity contribution < 1.29 is 0 Å². The van der Waals surface area contributed by atoms with Crippen LogP contribution in [-0.2, 0) is 0 Å². The molecule has 0 aromatic rings. The van der Waals surface area contributed by atoms with Gasteiger partial charge in [0.1, 0.15) is 0 Å². The van der Waals surface area contributed by atoms with Gasteiger partial charge in [-0.25, -0.2) is 0 Å². The van der Waals surface area contributed by atoms with Gasteiger partial charge in [0.2, 0.25) is 0 Å². The summed E-state index contributed by atoms with van der Waals surface area (Å²) in [6.07, 6.45) is 10.1. The number of hydrogen-bond acceptors (Lipinski definition) is 0. The molecule has 0 aliphatic carbocycles. The first-order chi connectivity index (χ1) is 4.77. The Hall–Kier alpha value is -0.920. The summed E-state index contributed by atoms with van der Waals surface area (Å²) < 4.78 is 0. The molecule has 0 unspecified atom stereocenters. The Balaban J connectivity index is 3.38. The quantitative estimate of drug-likeness (QED) is 0.316. The van der Waals surface area contributed by atoms with Crippen LogP contribution >= 0.6 is 0 Å². The van der Waals surface area contributed by atoms with Crippen LogP contribution in [0.3, 0.4) is 0 Å². The van der Waals surface area contributed by atoms with Gasteiger partial charge in [-0.2, -0.15) is 0 Å². The molecule has 0 heteroatoms. The summed E-state index contributed by atoms with van der Waals surface area (Å²) >= 11 is 0. The highest BCUT2D eigenvalue weighted by molar-refractivity contribution is 4.94. The first-order valence-corrected chi connectivity index (χ1v) is 3.59. The second kappa shape index (κ2) is 6.20. The van der Waals surface area contributed by atoms with Crippen LogP contribution in [0.2, 0.25) is 0 Å². The molecule has 0 saturated carbocycles. The molecule has 0 aromatic heterocycles. The highest BCUT2D eigenvalue weighted by atomic mass is 13.8. The summed E-state index contributed by atoms with van der Waals surface area (Å²) in [6, 6.07) is 0. The van der Waals surface area contributed by atoms with E-state index in [1.807, 2.05) is 19.9 Å². The van der Waals surface area contributed by atoms with Crippen LogP contribution < -0.4 is 0 Å². The summed E-state index contributed by atoms with van der Waals surface area (Å²) in [6.45, 7) is 4.08. The summed E-state index contributed by atoms with van der Waals surface area (Å²) in [5, 5.41) is 0. The highest BCUT2D eigenvalue weighted by Gasteiger charge is 1.77. The molecular formula is C10H14. The van der Waals surface area contributed by atoms with E-state index in [1.54, 1.807) is 0 Å². The molecule has 0 amide bonds. The average Bonchev–Trinajstić information content (AvgIpc) is 1.87. The van der Waals surface area contributed by atoms with Gasteiger partial charge in [-0.3, -0.25) is 0 Å². The first-order valence-electron chi connectivity index (χ1n) is 3.59. The number of rotatable bonds is 3. The molecule has 54 valence electrons. The van der Waals surface area contributed by atoms with E-state index in [0.717, 1.165) is 19.3 Å². The summed E-state index contributed by atoms with van der Waals surface area (Å²) in [5.74, 6) is 2.60. The number of hydrogen-bond donors (Lipinski definition) is 0. The molecule has 0 rings (SSSR count). The van der Waals surface area contributed by atoms with Gasteiger partial charge in [-0.05, 0) is 38.3 Å². The van der Waals surface area contributed by atoms with E-state index >= 15 is 0 Å². The van der Waals surface area contributed by atoms with Crippen molar-refractivity contribution in [2.45, 2.75) is 33.1 Å². The Kier molecular flexibility index (Phi) is 5.63. The van der Waals surface area contributed by atoms with Crippen LogP contribution in [0.5, 0.6) is 0 Å².